The van der Waals surface area contributed by atoms with Gasteiger partial charge in [0, 0.05) is 31.9 Å². The molecule has 2 aliphatic rings. The minimum Gasteiger partial charge on any atom is -0.478 e. The van der Waals surface area contributed by atoms with Crippen LogP contribution in [-0.4, -0.2) is 71.5 Å². The zero-order chi connectivity index (χ0) is 18.7. The third kappa shape index (κ3) is 4.65. The molecule has 3 rings (SSSR count). The summed E-state index contributed by atoms with van der Waals surface area (Å²) < 4.78 is 16.7. The molecule has 1 amide bonds. The molecule has 0 saturated carbocycles. The smallest absolute Gasteiger partial charge is 0.410 e. The monoisotopic (exact) mass is 363 g/mol. The first-order valence-electron chi connectivity index (χ1n) is 9.25. The van der Waals surface area contributed by atoms with Crippen LogP contribution < -0.4 is 4.74 Å². The van der Waals surface area contributed by atoms with Gasteiger partial charge in [0.25, 0.3) is 0 Å². The molecule has 1 aromatic heterocycles. The van der Waals surface area contributed by atoms with E-state index < -0.39 is 5.60 Å². The highest BCUT2D eigenvalue weighted by atomic mass is 16.6. The second kappa shape index (κ2) is 7.80. The van der Waals surface area contributed by atoms with Crippen LogP contribution in [0.3, 0.4) is 0 Å². The lowest BCUT2D eigenvalue weighted by Gasteiger charge is -2.49. The van der Waals surface area contributed by atoms with E-state index in [-0.39, 0.29) is 18.2 Å². The fourth-order valence-electron chi connectivity index (χ4n) is 3.41. The summed E-state index contributed by atoms with van der Waals surface area (Å²) in [5, 5.41) is 0. The van der Waals surface area contributed by atoms with E-state index in [2.05, 4.69) is 16.0 Å². The van der Waals surface area contributed by atoms with Gasteiger partial charge in [-0.3, -0.25) is 4.90 Å². The van der Waals surface area contributed by atoms with E-state index in [4.69, 9.17) is 14.2 Å². The number of piperazine rings is 1. The lowest BCUT2D eigenvalue weighted by atomic mass is 10.0. The van der Waals surface area contributed by atoms with Crippen molar-refractivity contribution in [2.75, 3.05) is 32.9 Å². The molecule has 0 radical (unpaired) electrons. The first-order valence-corrected chi connectivity index (χ1v) is 9.25. The van der Waals surface area contributed by atoms with Gasteiger partial charge in [-0.15, -0.1) is 0 Å². The molecule has 2 saturated heterocycles. The number of rotatable bonds is 4. The number of hydrogen-bond acceptors (Lipinski definition) is 6. The topological polar surface area (TPSA) is 64.1 Å². The number of nitrogens with zero attached hydrogens (tertiary/aromatic N) is 3. The van der Waals surface area contributed by atoms with Crippen LogP contribution >= 0.6 is 0 Å². The fourth-order valence-corrected chi connectivity index (χ4v) is 3.41. The average molecular weight is 363 g/mol. The summed E-state index contributed by atoms with van der Waals surface area (Å²) in [5.41, 5.74) is 0.657. The number of pyridine rings is 1. The molecule has 26 heavy (non-hydrogen) atoms. The molecule has 0 spiro atoms. The van der Waals surface area contributed by atoms with Gasteiger partial charge in [0.15, 0.2) is 0 Å². The first kappa shape index (κ1) is 18.9. The number of amides is 1. The Balaban J connectivity index is 1.64. The maximum atomic E-state index is 12.4. The first-order chi connectivity index (χ1) is 12.4. The Labute approximate surface area is 155 Å². The second-order valence-corrected chi connectivity index (χ2v) is 7.84. The Morgan fingerprint density at radius 1 is 1.27 bits per heavy atom. The summed E-state index contributed by atoms with van der Waals surface area (Å²) >= 11 is 0. The van der Waals surface area contributed by atoms with Crippen LogP contribution in [0.2, 0.25) is 0 Å². The molecule has 2 fully saturated rings. The maximum absolute atomic E-state index is 12.4. The molecule has 0 aromatic carbocycles. The zero-order valence-electron chi connectivity index (χ0n) is 16.1. The van der Waals surface area contributed by atoms with Gasteiger partial charge in [-0.2, -0.15) is 0 Å². The molecule has 144 valence electrons. The lowest BCUT2D eigenvalue weighted by Crippen LogP contribution is -2.65. The van der Waals surface area contributed by atoms with Gasteiger partial charge in [0.1, 0.15) is 5.60 Å². The molecule has 0 N–H and O–H groups in total. The lowest BCUT2D eigenvalue weighted by molar-refractivity contribution is -0.101. The van der Waals surface area contributed by atoms with Crippen molar-refractivity contribution in [3.63, 3.8) is 0 Å². The van der Waals surface area contributed by atoms with Crippen LogP contribution in [-0.2, 0) is 16.0 Å². The number of fused-ring (bicyclic) bond motifs is 2. The molecule has 1 aromatic rings. The Bertz CT molecular complexity index is 600. The standard InChI is InChI=1S/C19H29N3O4/c1-5-25-17-7-6-14(8-20-17)9-22-15-10-21(11-16(22)13-24-12-15)18(23)26-19(2,3)4/h6-8,15-16H,5,9-13H2,1-4H3/t15-,16+. The average Bonchev–Trinajstić information content (AvgIpc) is 2.55. The largest absolute Gasteiger partial charge is 0.478 e. The molecular formula is C19H29N3O4. The van der Waals surface area contributed by atoms with Crippen molar-refractivity contribution in [1.82, 2.24) is 14.8 Å². The summed E-state index contributed by atoms with van der Waals surface area (Å²) in [7, 11) is 0. The molecule has 7 nitrogen and oxygen atoms in total. The van der Waals surface area contributed by atoms with Gasteiger partial charge in [-0.05, 0) is 33.3 Å². The molecule has 0 unspecified atom stereocenters. The van der Waals surface area contributed by atoms with E-state index in [0.717, 1.165) is 12.1 Å². The van der Waals surface area contributed by atoms with Crippen molar-refractivity contribution < 1.29 is 19.0 Å². The SMILES string of the molecule is CCOc1ccc(CN2[C@@H]3COC[C@H]2CN(C(=O)OC(C)(C)C)C3)cn1. The highest BCUT2D eigenvalue weighted by Gasteiger charge is 2.40. The molecule has 2 bridgehead atoms. The number of ether oxygens (including phenoxy) is 3. The summed E-state index contributed by atoms with van der Waals surface area (Å²) in [6.45, 7) is 11.5. The number of hydrogen-bond donors (Lipinski definition) is 0. The van der Waals surface area contributed by atoms with Crippen molar-refractivity contribution >= 4 is 6.09 Å². The summed E-state index contributed by atoms with van der Waals surface area (Å²) in [5.74, 6) is 0.648. The van der Waals surface area contributed by atoms with Gasteiger partial charge in [0.05, 0.1) is 31.9 Å². The zero-order valence-corrected chi connectivity index (χ0v) is 16.1. The van der Waals surface area contributed by atoms with E-state index in [1.807, 2.05) is 44.9 Å². The van der Waals surface area contributed by atoms with Crippen LogP contribution in [0, 0.1) is 0 Å². The van der Waals surface area contributed by atoms with E-state index in [1.165, 1.54) is 0 Å². The number of aromatic nitrogens is 1. The Hall–Kier alpha value is -1.86. The van der Waals surface area contributed by atoms with Crippen molar-refractivity contribution in [2.24, 2.45) is 0 Å². The predicted molar refractivity (Wildman–Crippen MR) is 97.2 cm³/mol. The molecule has 3 heterocycles. The van der Waals surface area contributed by atoms with Crippen LogP contribution in [0.5, 0.6) is 5.88 Å². The molecular weight excluding hydrogens is 334 g/mol. The summed E-state index contributed by atoms with van der Waals surface area (Å²) in [6.07, 6.45) is 1.62. The Morgan fingerprint density at radius 3 is 2.50 bits per heavy atom. The van der Waals surface area contributed by atoms with Gasteiger partial charge in [0.2, 0.25) is 5.88 Å². The fraction of sp³-hybridized carbons (Fsp3) is 0.684. The molecule has 0 aliphatic carbocycles. The normalized spacial score (nSPS) is 23.6. The van der Waals surface area contributed by atoms with Crippen LogP contribution in [0.1, 0.15) is 33.3 Å². The highest BCUT2D eigenvalue weighted by Crippen LogP contribution is 2.25. The van der Waals surface area contributed by atoms with Crippen molar-refractivity contribution in [1.29, 1.82) is 0 Å². The second-order valence-electron chi connectivity index (χ2n) is 7.84. The Morgan fingerprint density at radius 2 is 1.96 bits per heavy atom. The third-order valence-electron chi connectivity index (χ3n) is 4.53. The van der Waals surface area contributed by atoms with E-state index in [0.29, 0.717) is 38.8 Å². The van der Waals surface area contributed by atoms with Gasteiger partial charge < -0.3 is 19.1 Å². The minimum absolute atomic E-state index is 0.168. The van der Waals surface area contributed by atoms with Gasteiger partial charge in [-0.25, -0.2) is 9.78 Å². The van der Waals surface area contributed by atoms with Gasteiger partial charge >= 0.3 is 6.09 Å². The van der Waals surface area contributed by atoms with Crippen molar-refractivity contribution in [3.05, 3.63) is 23.9 Å². The predicted octanol–water partition coefficient (Wildman–Crippen LogP) is 2.30. The molecule has 7 heteroatoms. The highest BCUT2D eigenvalue weighted by molar-refractivity contribution is 5.68. The van der Waals surface area contributed by atoms with Gasteiger partial charge in [-0.1, -0.05) is 6.07 Å². The van der Waals surface area contributed by atoms with Crippen LogP contribution in [0.25, 0.3) is 0 Å². The van der Waals surface area contributed by atoms with Crippen LogP contribution in [0.15, 0.2) is 18.3 Å². The Kier molecular flexibility index (Phi) is 5.67. The molecule has 2 aliphatic heterocycles. The van der Waals surface area contributed by atoms with Crippen LogP contribution in [0.4, 0.5) is 4.79 Å². The van der Waals surface area contributed by atoms with E-state index in [9.17, 15) is 4.79 Å². The summed E-state index contributed by atoms with van der Waals surface area (Å²) in [6, 6.07) is 4.29. The van der Waals surface area contributed by atoms with Crippen molar-refractivity contribution in [3.8, 4) is 5.88 Å². The number of carbonyl (C=O) groups excluding carboxylic acids is 1. The van der Waals surface area contributed by atoms with E-state index in [1.54, 1.807) is 0 Å². The minimum atomic E-state index is -0.478. The molecule has 2 atom stereocenters. The quantitative estimate of drug-likeness (QED) is 0.818. The third-order valence-corrected chi connectivity index (χ3v) is 4.53. The van der Waals surface area contributed by atoms with E-state index >= 15 is 0 Å². The van der Waals surface area contributed by atoms with Crippen molar-refractivity contribution in [2.45, 2.75) is 51.9 Å². The number of carbonyl (C=O) groups is 1. The number of morpholine rings is 1. The summed E-state index contributed by atoms with van der Waals surface area (Å²) in [4.78, 5) is 21.0. The maximum Gasteiger partial charge on any atom is 0.410 e.